The molecule has 5 nitrogen and oxygen atoms in total. The molecule has 0 radical (unpaired) electrons. The van der Waals surface area contributed by atoms with Crippen molar-refractivity contribution in [3.63, 3.8) is 0 Å². The van der Waals surface area contributed by atoms with Gasteiger partial charge >= 0.3 is 0 Å². The van der Waals surface area contributed by atoms with Gasteiger partial charge < -0.3 is 11.1 Å². The Morgan fingerprint density at radius 1 is 1.04 bits per heavy atom. The lowest BCUT2D eigenvalue weighted by molar-refractivity contribution is -0.121. The quantitative estimate of drug-likeness (QED) is 0.723. The maximum atomic E-state index is 11.4. The highest BCUT2D eigenvalue weighted by Gasteiger charge is 2.13. The van der Waals surface area contributed by atoms with E-state index < -0.39 is 0 Å². The Kier molecular flexibility index (Phi) is 5.04. The lowest BCUT2D eigenvalue weighted by Gasteiger charge is -2.12. The van der Waals surface area contributed by atoms with Gasteiger partial charge in [-0.2, -0.15) is 0 Å². The van der Waals surface area contributed by atoms with Gasteiger partial charge in [0, 0.05) is 29.3 Å². The molecule has 1 heterocycles. The molecule has 0 spiro atoms. The van der Waals surface area contributed by atoms with Gasteiger partial charge in [-0.05, 0) is 18.2 Å². The van der Waals surface area contributed by atoms with Gasteiger partial charge in [0.15, 0.2) is 0 Å². The molecule has 1 aromatic heterocycles. The van der Waals surface area contributed by atoms with Gasteiger partial charge in [0.25, 0.3) is 0 Å². The number of para-hydroxylation sites is 1. The number of carbonyl (C=O) groups excluding carboxylic acids is 1. The number of anilines is 2. The fraction of sp³-hybridized carbons (Fsp3) is 0.150. The highest BCUT2D eigenvalue weighted by Crippen LogP contribution is 2.22. The summed E-state index contributed by atoms with van der Waals surface area (Å²) in [6.45, 7) is 1.80. The summed E-state index contributed by atoms with van der Waals surface area (Å²) in [5.74, 6) is -0.125. The molecule has 3 rings (SSSR count). The number of primary amides is 1. The number of aromatic nitrogens is 2. The number of rotatable bonds is 6. The SMILES string of the molecule is CC(Cc1cc(-c2ccccc2)nc(Nc2ccccc2)n1)C(N)=O. The topological polar surface area (TPSA) is 80.9 Å². The molecule has 0 saturated heterocycles. The molecule has 1 unspecified atom stereocenters. The molecule has 0 aliphatic heterocycles. The lowest BCUT2D eigenvalue weighted by Crippen LogP contribution is -2.22. The minimum Gasteiger partial charge on any atom is -0.369 e. The van der Waals surface area contributed by atoms with E-state index in [1.807, 2.05) is 66.7 Å². The Bertz CT molecular complexity index is 850. The fourth-order valence-electron chi connectivity index (χ4n) is 2.48. The van der Waals surface area contributed by atoms with Crippen molar-refractivity contribution in [2.24, 2.45) is 11.7 Å². The van der Waals surface area contributed by atoms with Crippen molar-refractivity contribution < 1.29 is 4.79 Å². The summed E-state index contributed by atoms with van der Waals surface area (Å²) in [6, 6.07) is 21.5. The van der Waals surface area contributed by atoms with Crippen molar-refractivity contribution >= 4 is 17.5 Å². The summed E-state index contributed by atoms with van der Waals surface area (Å²) in [4.78, 5) is 20.6. The van der Waals surface area contributed by atoms with E-state index in [4.69, 9.17) is 5.73 Å². The highest BCUT2D eigenvalue weighted by molar-refractivity contribution is 5.76. The van der Waals surface area contributed by atoms with E-state index in [9.17, 15) is 4.79 Å². The number of nitrogens with two attached hydrogens (primary N) is 1. The number of amides is 1. The molecule has 25 heavy (non-hydrogen) atoms. The number of nitrogens with zero attached hydrogens (tertiary/aromatic N) is 2. The third-order valence-corrected chi connectivity index (χ3v) is 3.88. The molecule has 0 aliphatic rings. The zero-order chi connectivity index (χ0) is 17.6. The summed E-state index contributed by atoms with van der Waals surface area (Å²) in [5, 5.41) is 3.22. The van der Waals surface area contributed by atoms with Crippen LogP contribution in [0.5, 0.6) is 0 Å². The summed E-state index contributed by atoms with van der Waals surface area (Å²) < 4.78 is 0. The Morgan fingerprint density at radius 3 is 2.32 bits per heavy atom. The predicted molar refractivity (Wildman–Crippen MR) is 99.3 cm³/mol. The van der Waals surface area contributed by atoms with Crippen LogP contribution in [0.3, 0.4) is 0 Å². The highest BCUT2D eigenvalue weighted by atomic mass is 16.1. The van der Waals surface area contributed by atoms with Crippen molar-refractivity contribution in [3.8, 4) is 11.3 Å². The second-order valence-electron chi connectivity index (χ2n) is 5.93. The van der Waals surface area contributed by atoms with Gasteiger partial charge in [-0.25, -0.2) is 9.97 Å². The van der Waals surface area contributed by atoms with Gasteiger partial charge in [-0.15, -0.1) is 0 Å². The maximum Gasteiger partial charge on any atom is 0.227 e. The van der Waals surface area contributed by atoms with E-state index in [1.54, 1.807) is 6.92 Å². The van der Waals surface area contributed by atoms with Crippen molar-refractivity contribution in [2.75, 3.05) is 5.32 Å². The summed E-state index contributed by atoms with van der Waals surface area (Å²) >= 11 is 0. The number of hydrogen-bond donors (Lipinski definition) is 2. The molecule has 0 bridgehead atoms. The third-order valence-electron chi connectivity index (χ3n) is 3.88. The second kappa shape index (κ2) is 7.57. The van der Waals surface area contributed by atoms with Crippen LogP contribution in [0.15, 0.2) is 66.7 Å². The van der Waals surface area contributed by atoms with Crippen LogP contribution in [-0.4, -0.2) is 15.9 Å². The first-order valence-electron chi connectivity index (χ1n) is 8.16. The van der Waals surface area contributed by atoms with E-state index >= 15 is 0 Å². The molecule has 2 aromatic carbocycles. The average Bonchev–Trinajstić information content (AvgIpc) is 2.63. The normalized spacial score (nSPS) is 11.7. The van der Waals surface area contributed by atoms with Crippen LogP contribution >= 0.6 is 0 Å². The Labute approximate surface area is 146 Å². The van der Waals surface area contributed by atoms with Gasteiger partial charge in [0.05, 0.1) is 5.69 Å². The minimum atomic E-state index is -0.336. The van der Waals surface area contributed by atoms with Crippen molar-refractivity contribution in [1.29, 1.82) is 0 Å². The third kappa shape index (κ3) is 4.41. The summed E-state index contributed by atoms with van der Waals surface area (Å²) in [5.41, 5.74) is 8.88. The Morgan fingerprint density at radius 2 is 1.68 bits per heavy atom. The first-order chi connectivity index (χ1) is 12.1. The molecule has 3 N–H and O–H groups in total. The van der Waals surface area contributed by atoms with Crippen LogP contribution in [0.25, 0.3) is 11.3 Å². The minimum absolute atomic E-state index is 0.289. The largest absolute Gasteiger partial charge is 0.369 e. The molecule has 3 aromatic rings. The second-order valence-corrected chi connectivity index (χ2v) is 5.93. The number of benzene rings is 2. The van der Waals surface area contributed by atoms with Crippen LogP contribution in [0.1, 0.15) is 12.6 Å². The number of nitrogens with one attached hydrogen (secondary N) is 1. The zero-order valence-corrected chi connectivity index (χ0v) is 14.0. The molecule has 0 aliphatic carbocycles. The fourth-order valence-corrected chi connectivity index (χ4v) is 2.48. The first-order valence-corrected chi connectivity index (χ1v) is 8.16. The van der Waals surface area contributed by atoms with E-state index in [2.05, 4.69) is 15.3 Å². The molecule has 1 atom stereocenters. The molecule has 126 valence electrons. The van der Waals surface area contributed by atoms with Gasteiger partial charge in [-0.3, -0.25) is 4.79 Å². The zero-order valence-electron chi connectivity index (χ0n) is 14.0. The Balaban J connectivity index is 1.97. The summed E-state index contributed by atoms with van der Waals surface area (Å²) in [6.07, 6.45) is 0.473. The Hall–Kier alpha value is -3.21. The maximum absolute atomic E-state index is 11.4. The van der Waals surface area contributed by atoms with Gasteiger partial charge in [0.1, 0.15) is 0 Å². The van der Waals surface area contributed by atoms with Crippen LogP contribution in [0.2, 0.25) is 0 Å². The van der Waals surface area contributed by atoms with Crippen LogP contribution in [0, 0.1) is 5.92 Å². The lowest BCUT2D eigenvalue weighted by atomic mass is 10.0. The van der Waals surface area contributed by atoms with Crippen molar-refractivity contribution in [2.45, 2.75) is 13.3 Å². The standard InChI is InChI=1S/C20H20N4O/c1-14(19(21)25)12-17-13-18(15-8-4-2-5-9-15)24-20(23-17)22-16-10-6-3-7-11-16/h2-11,13-14H,12H2,1H3,(H2,21,25)(H,22,23,24). The molecule has 5 heteroatoms. The molecular formula is C20H20N4O. The number of carbonyl (C=O) groups is 1. The van der Waals surface area contributed by atoms with E-state index in [0.717, 1.165) is 22.6 Å². The van der Waals surface area contributed by atoms with E-state index in [1.165, 1.54) is 0 Å². The van der Waals surface area contributed by atoms with E-state index in [0.29, 0.717) is 12.4 Å². The first kappa shape index (κ1) is 16.6. The number of hydrogen-bond acceptors (Lipinski definition) is 4. The van der Waals surface area contributed by atoms with Gasteiger partial charge in [-0.1, -0.05) is 55.5 Å². The summed E-state index contributed by atoms with van der Waals surface area (Å²) in [7, 11) is 0. The van der Waals surface area contributed by atoms with Crippen LogP contribution in [-0.2, 0) is 11.2 Å². The van der Waals surface area contributed by atoms with Crippen molar-refractivity contribution in [1.82, 2.24) is 9.97 Å². The molecule has 0 fully saturated rings. The van der Waals surface area contributed by atoms with Crippen molar-refractivity contribution in [3.05, 3.63) is 72.4 Å². The van der Waals surface area contributed by atoms with Crippen LogP contribution in [0.4, 0.5) is 11.6 Å². The molecule has 0 saturated carbocycles. The van der Waals surface area contributed by atoms with Crippen LogP contribution < -0.4 is 11.1 Å². The molecular weight excluding hydrogens is 312 g/mol. The average molecular weight is 332 g/mol. The predicted octanol–water partition coefficient (Wildman–Crippen LogP) is 3.55. The molecule has 1 amide bonds. The monoisotopic (exact) mass is 332 g/mol. The van der Waals surface area contributed by atoms with Gasteiger partial charge in [0.2, 0.25) is 11.9 Å². The van der Waals surface area contributed by atoms with E-state index in [-0.39, 0.29) is 11.8 Å². The smallest absolute Gasteiger partial charge is 0.227 e.